The maximum absolute atomic E-state index is 11.9. The minimum absolute atomic E-state index is 0.0610. The number of aromatic amines is 1. The lowest BCUT2D eigenvalue weighted by atomic mass is 9.66. The van der Waals surface area contributed by atoms with Crippen LogP contribution in [0.15, 0.2) is 53.0 Å². The largest absolute Gasteiger partial charge is 0.489 e. The number of ether oxygens (including phenoxy) is 1. The van der Waals surface area contributed by atoms with Crippen molar-refractivity contribution in [1.29, 1.82) is 0 Å². The number of hydrogen-bond donors (Lipinski definition) is 2. The molecule has 2 aliphatic rings. The molecule has 4 nitrogen and oxygen atoms in total. The Kier molecular flexibility index (Phi) is 5.35. The lowest BCUT2D eigenvalue weighted by Crippen LogP contribution is -2.39. The number of allylic oxidation sites excluding steroid dienone is 3. The first-order valence-electron chi connectivity index (χ1n) is 10.1. The molecule has 1 saturated carbocycles. The number of halogens is 1. The average Bonchev–Trinajstić information content (AvgIpc) is 2.70. The molecule has 0 aliphatic heterocycles. The topological polar surface area (TPSA) is 68.1 Å². The van der Waals surface area contributed by atoms with E-state index in [-0.39, 0.29) is 17.1 Å². The molecule has 0 radical (unpaired) electrons. The highest BCUT2D eigenvalue weighted by molar-refractivity contribution is 6.32. The molecular formula is C23H27ClN2O2. The summed E-state index contributed by atoms with van der Waals surface area (Å²) in [5, 5.41) is 1.89. The predicted octanol–water partition coefficient (Wildman–Crippen LogP) is 4.97. The van der Waals surface area contributed by atoms with E-state index in [2.05, 4.69) is 30.1 Å². The summed E-state index contributed by atoms with van der Waals surface area (Å²) in [4.78, 5) is 14.6. The van der Waals surface area contributed by atoms with Gasteiger partial charge in [0.15, 0.2) is 0 Å². The van der Waals surface area contributed by atoms with Gasteiger partial charge in [0.1, 0.15) is 5.75 Å². The Labute approximate surface area is 170 Å². The summed E-state index contributed by atoms with van der Waals surface area (Å²) in [6.45, 7) is 2.93. The molecule has 2 aliphatic carbocycles. The third kappa shape index (κ3) is 3.63. The minimum Gasteiger partial charge on any atom is -0.489 e. The van der Waals surface area contributed by atoms with Crippen LogP contribution in [-0.2, 0) is 0 Å². The van der Waals surface area contributed by atoms with Crippen molar-refractivity contribution in [3.63, 3.8) is 0 Å². The van der Waals surface area contributed by atoms with Gasteiger partial charge in [0, 0.05) is 23.5 Å². The van der Waals surface area contributed by atoms with Gasteiger partial charge in [-0.3, -0.25) is 4.79 Å². The van der Waals surface area contributed by atoms with Crippen molar-refractivity contribution in [2.24, 2.45) is 17.1 Å². The zero-order chi connectivity index (χ0) is 19.7. The van der Waals surface area contributed by atoms with Crippen LogP contribution in [0.4, 0.5) is 0 Å². The van der Waals surface area contributed by atoms with Crippen LogP contribution in [-0.4, -0.2) is 17.6 Å². The van der Waals surface area contributed by atoms with Crippen molar-refractivity contribution in [3.8, 4) is 5.75 Å². The molecule has 1 aromatic carbocycles. The number of benzene rings is 1. The highest BCUT2D eigenvalue weighted by Crippen LogP contribution is 2.45. The highest BCUT2D eigenvalue weighted by atomic mass is 35.5. The fraction of sp³-hybridized carbons (Fsp3) is 0.435. The normalized spacial score (nSPS) is 27.6. The first-order valence-corrected chi connectivity index (χ1v) is 10.4. The molecule has 2 aromatic rings. The molecule has 5 heteroatoms. The molecule has 1 unspecified atom stereocenters. The Morgan fingerprint density at radius 1 is 1.32 bits per heavy atom. The third-order valence-electron chi connectivity index (χ3n) is 6.28. The van der Waals surface area contributed by atoms with E-state index in [0.29, 0.717) is 28.6 Å². The van der Waals surface area contributed by atoms with Crippen LogP contribution < -0.4 is 16.0 Å². The van der Waals surface area contributed by atoms with Crippen molar-refractivity contribution >= 4 is 22.4 Å². The maximum atomic E-state index is 11.9. The van der Waals surface area contributed by atoms with Crippen LogP contribution in [0.1, 0.15) is 39.0 Å². The Hall–Kier alpha value is -2.04. The summed E-state index contributed by atoms with van der Waals surface area (Å²) in [6, 6.07) is 5.42. The van der Waals surface area contributed by atoms with E-state index in [4.69, 9.17) is 22.1 Å². The van der Waals surface area contributed by atoms with Crippen LogP contribution in [0.3, 0.4) is 0 Å². The molecule has 1 atom stereocenters. The number of nitrogens with one attached hydrogen (secondary N) is 1. The van der Waals surface area contributed by atoms with Crippen LogP contribution in [0.25, 0.3) is 10.8 Å². The lowest BCUT2D eigenvalue weighted by molar-refractivity contribution is 0.103. The van der Waals surface area contributed by atoms with Gasteiger partial charge >= 0.3 is 0 Å². The molecular weight excluding hydrogens is 372 g/mol. The molecule has 0 spiro atoms. The van der Waals surface area contributed by atoms with Gasteiger partial charge in [0.05, 0.1) is 11.1 Å². The number of fused-ring (bicyclic) bond motifs is 1. The standard InChI is InChI=1S/C23H27ClN2O2/c1-15-3-2-4-17(11-15)23(14-25)8-5-18(6-9-23)28-21-12-16-7-10-26-22(27)19(16)13-20(21)24/h2,4,7,10-13,15,18H,3,5-6,8-9,14,25H2,1H3,(H,26,27). The zero-order valence-electron chi connectivity index (χ0n) is 16.2. The molecule has 1 heterocycles. The summed E-state index contributed by atoms with van der Waals surface area (Å²) >= 11 is 6.40. The number of rotatable bonds is 4. The average molecular weight is 399 g/mol. The molecule has 0 bridgehead atoms. The van der Waals surface area contributed by atoms with Gasteiger partial charge in [-0.25, -0.2) is 0 Å². The number of pyridine rings is 1. The monoisotopic (exact) mass is 398 g/mol. The number of hydrogen-bond acceptors (Lipinski definition) is 3. The van der Waals surface area contributed by atoms with E-state index < -0.39 is 0 Å². The molecule has 4 rings (SSSR count). The predicted molar refractivity (Wildman–Crippen MR) is 115 cm³/mol. The van der Waals surface area contributed by atoms with Gasteiger partial charge < -0.3 is 15.5 Å². The Morgan fingerprint density at radius 3 is 2.82 bits per heavy atom. The first-order chi connectivity index (χ1) is 13.5. The molecule has 28 heavy (non-hydrogen) atoms. The van der Waals surface area contributed by atoms with Crippen LogP contribution in [0, 0.1) is 11.3 Å². The molecule has 3 N–H and O–H groups in total. The quantitative estimate of drug-likeness (QED) is 0.763. The van der Waals surface area contributed by atoms with Crippen LogP contribution in [0.5, 0.6) is 5.75 Å². The SMILES string of the molecule is CC1C=C(C2(CN)CCC(Oc3cc4cc[nH]c(=O)c4cc3Cl)CC2)C=CC1. The maximum Gasteiger partial charge on any atom is 0.255 e. The summed E-state index contributed by atoms with van der Waals surface area (Å²) in [6.07, 6.45) is 13.7. The van der Waals surface area contributed by atoms with Crippen molar-refractivity contribution in [3.05, 3.63) is 63.6 Å². The molecule has 0 saturated heterocycles. The third-order valence-corrected chi connectivity index (χ3v) is 6.58. The van der Waals surface area contributed by atoms with Crippen molar-refractivity contribution in [1.82, 2.24) is 4.98 Å². The van der Waals surface area contributed by atoms with Gasteiger partial charge in [-0.2, -0.15) is 0 Å². The Morgan fingerprint density at radius 2 is 2.11 bits per heavy atom. The van der Waals surface area contributed by atoms with E-state index in [1.54, 1.807) is 12.3 Å². The second-order valence-electron chi connectivity index (χ2n) is 8.22. The Balaban J connectivity index is 1.50. The summed E-state index contributed by atoms with van der Waals surface area (Å²) in [5.74, 6) is 1.23. The van der Waals surface area contributed by atoms with Gasteiger partial charge in [0.25, 0.3) is 5.56 Å². The van der Waals surface area contributed by atoms with Crippen molar-refractivity contribution in [2.45, 2.75) is 45.1 Å². The molecule has 0 amide bonds. The van der Waals surface area contributed by atoms with E-state index in [0.717, 1.165) is 37.5 Å². The zero-order valence-corrected chi connectivity index (χ0v) is 17.0. The summed E-state index contributed by atoms with van der Waals surface area (Å²) in [7, 11) is 0. The number of nitrogens with two attached hydrogens (primary N) is 1. The number of aromatic nitrogens is 1. The van der Waals surface area contributed by atoms with Gasteiger partial charge in [-0.05, 0) is 67.2 Å². The fourth-order valence-electron chi connectivity index (χ4n) is 4.52. The van der Waals surface area contributed by atoms with Gasteiger partial charge in [-0.1, -0.05) is 36.8 Å². The van der Waals surface area contributed by atoms with E-state index in [1.807, 2.05) is 12.1 Å². The van der Waals surface area contributed by atoms with Crippen LogP contribution >= 0.6 is 11.6 Å². The highest BCUT2D eigenvalue weighted by Gasteiger charge is 2.38. The van der Waals surface area contributed by atoms with E-state index in [9.17, 15) is 4.79 Å². The second kappa shape index (κ2) is 7.76. The molecule has 148 valence electrons. The van der Waals surface area contributed by atoms with Crippen LogP contribution in [0.2, 0.25) is 5.02 Å². The van der Waals surface area contributed by atoms with E-state index >= 15 is 0 Å². The van der Waals surface area contributed by atoms with Gasteiger partial charge in [-0.15, -0.1) is 0 Å². The second-order valence-corrected chi connectivity index (χ2v) is 8.62. The Bertz CT molecular complexity index is 984. The first kappa shape index (κ1) is 19.3. The smallest absolute Gasteiger partial charge is 0.255 e. The fourth-order valence-corrected chi connectivity index (χ4v) is 4.73. The van der Waals surface area contributed by atoms with Crippen molar-refractivity contribution in [2.75, 3.05) is 6.54 Å². The summed E-state index contributed by atoms with van der Waals surface area (Å²) < 4.78 is 6.26. The van der Waals surface area contributed by atoms with Crippen molar-refractivity contribution < 1.29 is 4.74 Å². The summed E-state index contributed by atoms with van der Waals surface area (Å²) in [5.41, 5.74) is 7.56. The van der Waals surface area contributed by atoms with Gasteiger partial charge in [0.2, 0.25) is 0 Å². The minimum atomic E-state index is -0.139. The number of H-pyrrole nitrogens is 1. The molecule has 1 aromatic heterocycles. The molecule has 1 fully saturated rings. The van der Waals surface area contributed by atoms with E-state index in [1.165, 1.54) is 5.57 Å². The lowest BCUT2D eigenvalue weighted by Gasteiger charge is -2.41.